The smallest absolute Gasteiger partial charge is 0.409 e. The maximum atomic E-state index is 13.6. The lowest BCUT2D eigenvalue weighted by atomic mass is 9.98. The highest BCUT2D eigenvalue weighted by Gasteiger charge is 2.34. The van der Waals surface area contributed by atoms with Gasteiger partial charge in [-0.3, -0.25) is 4.79 Å². The summed E-state index contributed by atoms with van der Waals surface area (Å²) in [5, 5.41) is 10.2. The summed E-state index contributed by atoms with van der Waals surface area (Å²) < 4.78 is 5.15. The number of carbonyl (C=O) groups is 2. The standard InChI is InChI=1S/C29H33N5O4/c1-3-38-29(37)33-13-14-34(23(16-33)18-35)27-25-17-32(12-11-26(25)30-19-31-27)28(36)24-10-9-22(15-20(24)2)21-7-5-4-6-8-21/h4-10,15,19,23,35H,3,11-14,16-18H2,1-2H3. The lowest BCUT2D eigenvalue weighted by Gasteiger charge is -2.42. The minimum Gasteiger partial charge on any atom is -0.450 e. The van der Waals surface area contributed by atoms with E-state index in [0.717, 1.165) is 27.9 Å². The van der Waals surface area contributed by atoms with Gasteiger partial charge < -0.3 is 24.5 Å². The number of aryl methyl sites for hydroxylation is 1. The van der Waals surface area contributed by atoms with Crippen LogP contribution in [0.3, 0.4) is 0 Å². The van der Waals surface area contributed by atoms with Crippen molar-refractivity contribution in [1.82, 2.24) is 19.8 Å². The van der Waals surface area contributed by atoms with Crippen molar-refractivity contribution in [2.75, 3.05) is 44.3 Å². The van der Waals surface area contributed by atoms with Gasteiger partial charge in [-0.25, -0.2) is 14.8 Å². The van der Waals surface area contributed by atoms with Gasteiger partial charge in [-0.15, -0.1) is 0 Å². The minimum absolute atomic E-state index is 0.0200. The van der Waals surface area contributed by atoms with Gasteiger partial charge in [0.25, 0.3) is 5.91 Å². The molecule has 1 unspecified atom stereocenters. The molecule has 9 heteroatoms. The van der Waals surface area contributed by atoms with Gasteiger partial charge >= 0.3 is 6.09 Å². The summed E-state index contributed by atoms with van der Waals surface area (Å²) in [4.78, 5) is 40.5. The highest BCUT2D eigenvalue weighted by Crippen LogP contribution is 2.30. The molecular weight excluding hydrogens is 482 g/mol. The van der Waals surface area contributed by atoms with Gasteiger partial charge in [-0.1, -0.05) is 42.5 Å². The van der Waals surface area contributed by atoms with Crippen molar-refractivity contribution in [3.63, 3.8) is 0 Å². The van der Waals surface area contributed by atoms with E-state index in [1.165, 1.54) is 0 Å². The van der Waals surface area contributed by atoms with Crippen LogP contribution in [0.1, 0.15) is 34.1 Å². The fourth-order valence-electron chi connectivity index (χ4n) is 5.30. The maximum absolute atomic E-state index is 13.6. The van der Waals surface area contributed by atoms with Gasteiger partial charge in [-0.05, 0) is 36.6 Å². The van der Waals surface area contributed by atoms with Crippen LogP contribution in [0, 0.1) is 6.92 Å². The zero-order valence-electron chi connectivity index (χ0n) is 21.8. The van der Waals surface area contributed by atoms with Gasteiger partial charge in [-0.2, -0.15) is 0 Å². The van der Waals surface area contributed by atoms with E-state index in [1.807, 2.05) is 47.1 Å². The number of hydrogen-bond donors (Lipinski definition) is 1. The first-order chi connectivity index (χ1) is 18.5. The molecule has 1 aromatic heterocycles. The molecule has 1 atom stereocenters. The third-order valence-electron chi connectivity index (χ3n) is 7.32. The molecule has 3 heterocycles. The Bertz CT molecular complexity index is 1320. The fourth-order valence-corrected chi connectivity index (χ4v) is 5.30. The number of benzene rings is 2. The monoisotopic (exact) mass is 515 g/mol. The Morgan fingerprint density at radius 2 is 1.84 bits per heavy atom. The summed E-state index contributed by atoms with van der Waals surface area (Å²) in [5.41, 5.74) is 5.62. The van der Waals surface area contributed by atoms with Gasteiger partial charge in [0.1, 0.15) is 12.1 Å². The average Bonchev–Trinajstić information content (AvgIpc) is 2.96. The van der Waals surface area contributed by atoms with Crippen molar-refractivity contribution < 1.29 is 19.4 Å². The average molecular weight is 516 g/mol. The van der Waals surface area contributed by atoms with Crippen molar-refractivity contribution in [1.29, 1.82) is 0 Å². The fraction of sp³-hybridized carbons (Fsp3) is 0.379. The highest BCUT2D eigenvalue weighted by molar-refractivity contribution is 5.96. The molecule has 0 radical (unpaired) electrons. The number of hydrogen-bond acceptors (Lipinski definition) is 7. The number of aliphatic hydroxyl groups excluding tert-OH is 1. The van der Waals surface area contributed by atoms with E-state index in [0.29, 0.717) is 57.1 Å². The first-order valence-electron chi connectivity index (χ1n) is 13.1. The second-order valence-corrected chi connectivity index (χ2v) is 9.67. The maximum Gasteiger partial charge on any atom is 0.409 e. The largest absolute Gasteiger partial charge is 0.450 e. The summed E-state index contributed by atoms with van der Waals surface area (Å²) in [6.07, 6.45) is 1.80. The van der Waals surface area contributed by atoms with E-state index in [-0.39, 0.29) is 24.6 Å². The Labute approximate surface area is 222 Å². The first-order valence-corrected chi connectivity index (χ1v) is 13.1. The lowest BCUT2D eigenvalue weighted by Crippen LogP contribution is -2.57. The van der Waals surface area contributed by atoms with Gasteiger partial charge in [0, 0.05) is 43.7 Å². The number of aromatic nitrogens is 2. The van der Waals surface area contributed by atoms with Gasteiger partial charge in [0.05, 0.1) is 31.5 Å². The molecule has 1 saturated heterocycles. The van der Waals surface area contributed by atoms with Crippen molar-refractivity contribution in [2.24, 2.45) is 0 Å². The van der Waals surface area contributed by atoms with Crippen LogP contribution >= 0.6 is 0 Å². The molecular formula is C29H33N5O4. The molecule has 2 aliphatic heterocycles. The number of amides is 2. The molecule has 0 spiro atoms. The highest BCUT2D eigenvalue weighted by atomic mass is 16.6. The Balaban J connectivity index is 1.36. The SMILES string of the molecule is CCOC(=O)N1CCN(c2ncnc3c2CN(C(=O)c2ccc(-c4ccccc4)cc2C)CC3)C(CO)C1. The quantitative estimate of drug-likeness (QED) is 0.557. The molecule has 1 fully saturated rings. The van der Waals surface area contributed by atoms with Crippen molar-refractivity contribution >= 4 is 17.8 Å². The molecule has 38 heavy (non-hydrogen) atoms. The third-order valence-corrected chi connectivity index (χ3v) is 7.32. The Morgan fingerprint density at radius 1 is 1.03 bits per heavy atom. The molecule has 1 N–H and O–H groups in total. The zero-order valence-corrected chi connectivity index (χ0v) is 21.8. The van der Waals surface area contributed by atoms with E-state index < -0.39 is 0 Å². The number of fused-ring (bicyclic) bond motifs is 1. The second kappa shape index (κ2) is 11.2. The summed E-state index contributed by atoms with van der Waals surface area (Å²) in [7, 11) is 0. The number of carbonyl (C=O) groups excluding carboxylic acids is 2. The second-order valence-electron chi connectivity index (χ2n) is 9.67. The number of rotatable bonds is 5. The molecule has 2 aromatic carbocycles. The van der Waals surface area contributed by atoms with Crippen LogP contribution in [0.15, 0.2) is 54.9 Å². The lowest BCUT2D eigenvalue weighted by molar-refractivity contribution is 0.0731. The van der Waals surface area contributed by atoms with Gasteiger partial charge in [0.2, 0.25) is 0 Å². The van der Waals surface area contributed by atoms with Crippen molar-refractivity contribution in [3.8, 4) is 11.1 Å². The number of anilines is 1. The van der Waals surface area contributed by atoms with E-state index in [2.05, 4.69) is 28.2 Å². The zero-order chi connectivity index (χ0) is 26.6. The topological polar surface area (TPSA) is 99.1 Å². The molecule has 5 rings (SSSR count). The summed E-state index contributed by atoms with van der Waals surface area (Å²) in [6.45, 7) is 6.18. The summed E-state index contributed by atoms with van der Waals surface area (Å²) in [5.74, 6) is 0.694. The van der Waals surface area contributed by atoms with E-state index in [1.54, 1.807) is 18.2 Å². The van der Waals surface area contributed by atoms with Crippen LogP contribution in [0.2, 0.25) is 0 Å². The Morgan fingerprint density at radius 3 is 2.58 bits per heavy atom. The van der Waals surface area contributed by atoms with Crippen LogP contribution in [0.4, 0.5) is 10.6 Å². The van der Waals surface area contributed by atoms with E-state index >= 15 is 0 Å². The predicted octanol–water partition coefficient (Wildman–Crippen LogP) is 3.29. The molecule has 9 nitrogen and oxygen atoms in total. The van der Waals surface area contributed by atoms with Crippen LogP contribution in [0.25, 0.3) is 11.1 Å². The molecule has 2 aliphatic rings. The van der Waals surface area contributed by atoms with Crippen LogP contribution in [0.5, 0.6) is 0 Å². The predicted molar refractivity (Wildman–Crippen MR) is 144 cm³/mol. The van der Waals surface area contributed by atoms with E-state index in [4.69, 9.17) is 4.74 Å². The summed E-state index contributed by atoms with van der Waals surface area (Å²) >= 11 is 0. The number of piperazine rings is 1. The van der Waals surface area contributed by atoms with Crippen LogP contribution in [-0.2, 0) is 17.7 Å². The number of nitrogens with zero attached hydrogens (tertiary/aromatic N) is 5. The molecule has 0 aliphatic carbocycles. The molecule has 198 valence electrons. The van der Waals surface area contributed by atoms with Crippen LogP contribution in [-0.4, -0.2) is 82.3 Å². The number of ether oxygens (including phenoxy) is 1. The minimum atomic E-state index is -0.374. The van der Waals surface area contributed by atoms with Crippen molar-refractivity contribution in [3.05, 3.63) is 77.2 Å². The molecule has 0 bridgehead atoms. The Kier molecular flexibility index (Phi) is 7.55. The Hall–Kier alpha value is -3.98. The summed E-state index contributed by atoms with van der Waals surface area (Å²) in [6, 6.07) is 15.8. The first kappa shape index (κ1) is 25.7. The number of aliphatic hydroxyl groups is 1. The third kappa shape index (κ3) is 5.06. The van der Waals surface area contributed by atoms with Gasteiger partial charge in [0.15, 0.2) is 0 Å². The van der Waals surface area contributed by atoms with Crippen molar-refractivity contribution in [2.45, 2.75) is 32.9 Å². The normalized spacial score (nSPS) is 17.2. The molecule has 0 saturated carbocycles. The molecule has 3 aromatic rings. The molecule has 2 amide bonds. The van der Waals surface area contributed by atoms with Crippen LogP contribution < -0.4 is 4.90 Å². The van der Waals surface area contributed by atoms with E-state index in [9.17, 15) is 14.7 Å².